The Morgan fingerprint density at radius 2 is 2.25 bits per heavy atom. The SMILES string of the molecule is CCOc1cccc(-c2c(C#N)c(N)nc3c2CN(C(=O)C2CCC2)CC3)c1. The molecule has 2 N–H and O–H groups in total. The number of pyridine rings is 1. The number of anilines is 1. The highest BCUT2D eigenvalue weighted by molar-refractivity contribution is 5.83. The van der Waals surface area contributed by atoms with Gasteiger partial charge in [0.15, 0.2) is 0 Å². The van der Waals surface area contributed by atoms with Gasteiger partial charge in [-0.1, -0.05) is 18.6 Å². The zero-order valence-electron chi connectivity index (χ0n) is 16.1. The van der Waals surface area contributed by atoms with E-state index in [-0.39, 0.29) is 17.6 Å². The zero-order chi connectivity index (χ0) is 19.7. The molecule has 4 rings (SSSR count). The van der Waals surface area contributed by atoms with Crippen LogP contribution in [0.1, 0.15) is 43.0 Å². The molecule has 1 aliphatic carbocycles. The molecule has 144 valence electrons. The van der Waals surface area contributed by atoms with Crippen molar-refractivity contribution in [3.63, 3.8) is 0 Å². The molecule has 1 fully saturated rings. The van der Waals surface area contributed by atoms with Gasteiger partial charge in [0.25, 0.3) is 0 Å². The third kappa shape index (κ3) is 3.18. The number of fused-ring (bicyclic) bond motifs is 1. The molecule has 2 heterocycles. The maximum absolute atomic E-state index is 12.8. The number of nitrogens with zero attached hydrogens (tertiary/aromatic N) is 3. The van der Waals surface area contributed by atoms with E-state index in [4.69, 9.17) is 10.5 Å². The number of carbonyl (C=O) groups excluding carboxylic acids is 1. The van der Waals surface area contributed by atoms with Crippen molar-refractivity contribution in [3.8, 4) is 22.9 Å². The molecule has 0 spiro atoms. The lowest BCUT2D eigenvalue weighted by Crippen LogP contribution is -2.42. The monoisotopic (exact) mass is 376 g/mol. The highest BCUT2D eigenvalue weighted by Crippen LogP contribution is 2.37. The number of hydrogen-bond donors (Lipinski definition) is 1. The lowest BCUT2D eigenvalue weighted by atomic mass is 9.83. The number of benzene rings is 1. The van der Waals surface area contributed by atoms with Crippen LogP contribution in [0.2, 0.25) is 0 Å². The lowest BCUT2D eigenvalue weighted by molar-refractivity contribution is -0.139. The Labute approximate surface area is 164 Å². The summed E-state index contributed by atoms with van der Waals surface area (Å²) in [6.45, 7) is 3.62. The fourth-order valence-electron chi connectivity index (χ4n) is 4.02. The first-order valence-corrected chi connectivity index (χ1v) is 9.85. The lowest BCUT2D eigenvalue weighted by Gasteiger charge is -2.35. The summed E-state index contributed by atoms with van der Waals surface area (Å²) < 4.78 is 5.63. The smallest absolute Gasteiger partial charge is 0.225 e. The summed E-state index contributed by atoms with van der Waals surface area (Å²) in [6, 6.07) is 9.89. The highest BCUT2D eigenvalue weighted by atomic mass is 16.5. The van der Waals surface area contributed by atoms with Gasteiger partial charge in [0.05, 0.1) is 12.3 Å². The Balaban J connectivity index is 1.79. The molecule has 0 saturated heterocycles. The molecule has 1 aromatic heterocycles. The van der Waals surface area contributed by atoms with Crippen LogP contribution in [0.15, 0.2) is 24.3 Å². The summed E-state index contributed by atoms with van der Waals surface area (Å²) in [6.07, 6.45) is 3.75. The predicted octanol–water partition coefficient (Wildman–Crippen LogP) is 3.29. The average molecular weight is 376 g/mol. The van der Waals surface area contributed by atoms with E-state index in [1.54, 1.807) is 0 Å². The number of amides is 1. The summed E-state index contributed by atoms with van der Waals surface area (Å²) in [7, 11) is 0. The first kappa shape index (κ1) is 18.3. The van der Waals surface area contributed by atoms with Crippen LogP contribution in [-0.2, 0) is 17.8 Å². The molecule has 2 aliphatic rings. The molecule has 6 nitrogen and oxygen atoms in total. The summed E-state index contributed by atoms with van der Waals surface area (Å²) in [5.41, 5.74) is 9.94. The minimum atomic E-state index is 0.156. The standard InChI is InChI=1S/C22H24N4O2/c1-2-28-16-8-4-7-15(11-16)20-17(12-23)21(24)25-19-9-10-26(13-18(19)20)22(27)14-5-3-6-14/h4,7-8,11,14H,2-3,5-6,9-10,13H2,1H3,(H2,24,25). The topological polar surface area (TPSA) is 92.2 Å². The van der Waals surface area contributed by atoms with Crippen molar-refractivity contribution in [2.24, 2.45) is 5.92 Å². The maximum atomic E-state index is 12.8. The Hall–Kier alpha value is -3.07. The van der Waals surface area contributed by atoms with Gasteiger partial charge in [-0.05, 0) is 37.5 Å². The fraction of sp³-hybridized carbons (Fsp3) is 0.409. The van der Waals surface area contributed by atoms with Crippen molar-refractivity contribution in [2.45, 2.75) is 39.2 Å². The Morgan fingerprint density at radius 1 is 1.43 bits per heavy atom. The molecule has 1 amide bonds. The zero-order valence-corrected chi connectivity index (χ0v) is 16.1. The van der Waals surface area contributed by atoms with Crippen LogP contribution in [0.4, 0.5) is 5.82 Å². The van der Waals surface area contributed by atoms with Crippen molar-refractivity contribution >= 4 is 11.7 Å². The number of hydrogen-bond acceptors (Lipinski definition) is 5. The molecule has 1 aromatic carbocycles. The molecule has 1 saturated carbocycles. The normalized spacial score (nSPS) is 16.1. The Bertz CT molecular complexity index is 960. The summed E-state index contributed by atoms with van der Waals surface area (Å²) >= 11 is 0. The van der Waals surface area contributed by atoms with Gasteiger partial charge in [-0.25, -0.2) is 4.98 Å². The van der Waals surface area contributed by atoms with E-state index < -0.39 is 0 Å². The minimum Gasteiger partial charge on any atom is -0.494 e. The van der Waals surface area contributed by atoms with Crippen molar-refractivity contribution in [2.75, 3.05) is 18.9 Å². The quantitative estimate of drug-likeness (QED) is 0.884. The third-order valence-electron chi connectivity index (χ3n) is 5.69. The second-order valence-corrected chi connectivity index (χ2v) is 7.38. The Morgan fingerprint density at radius 3 is 2.93 bits per heavy atom. The molecule has 0 unspecified atom stereocenters. The molecule has 28 heavy (non-hydrogen) atoms. The van der Waals surface area contributed by atoms with E-state index in [2.05, 4.69) is 11.1 Å². The summed E-state index contributed by atoms with van der Waals surface area (Å²) in [5.74, 6) is 1.37. The second kappa shape index (κ2) is 7.51. The molecule has 0 bridgehead atoms. The number of nitrogen functional groups attached to an aromatic ring is 1. The van der Waals surface area contributed by atoms with Gasteiger partial charge < -0.3 is 15.4 Å². The molecule has 0 radical (unpaired) electrons. The van der Waals surface area contributed by atoms with Gasteiger partial charge in [-0.15, -0.1) is 0 Å². The maximum Gasteiger partial charge on any atom is 0.225 e. The van der Waals surface area contributed by atoms with E-state index in [0.717, 1.165) is 47.4 Å². The largest absolute Gasteiger partial charge is 0.494 e. The van der Waals surface area contributed by atoms with Crippen LogP contribution in [0, 0.1) is 17.2 Å². The van der Waals surface area contributed by atoms with E-state index in [0.29, 0.717) is 31.7 Å². The van der Waals surface area contributed by atoms with Gasteiger partial charge in [0.1, 0.15) is 23.2 Å². The molecule has 1 aliphatic heterocycles. The van der Waals surface area contributed by atoms with Crippen LogP contribution in [0.5, 0.6) is 5.75 Å². The minimum absolute atomic E-state index is 0.156. The second-order valence-electron chi connectivity index (χ2n) is 7.38. The van der Waals surface area contributed by atoms with E-state index >= 15 is 0 Å². The summed E-state index contributed by atoms with van der Waals surface area (Å²) in [4.78, 5) is 19.2. The number of carbonyl (C=O) groups is 1. The molecular formula is C22H24N4O2. The third-order valence-corrected chi connectivity index (χ3v) is 5.69. The van der Waals surface area contributed by atoms with Gasteiger partial charge in [-0.2, -0.15) is 5.26 Å². The van der Waals surface area contributed by atoms with Gasteiger partial charge in [0.2, 0.25) is 5.91 Å². The average Bonchev–Trinajstić information content (AvgIpc) is 2.65. The molecule has 0 atom stereocenters. The van der Waals surface area contributed by atoms with Crippen molar-refractivity contribution in [1.82, 2.24) is 9.88 Å². The first-order chi connectivity index (χ1) is 13.6. The van der Waals surface area contributed by atoms with Crippen molar-refractivity contribution < 1.29 is 9.53 Å². The van der Waals surface area contributed by atoms with Crippen molar-refractivity contribution in [1.29, 1.82) is 5.26 Å². The molecule has 6 heteroatoms. The number of nitrogens with two attached hydrogens (primary N) is 1. The van der Waals surface area contributed by atoms with Crippen LogP contribution in [0.25, 0.3) is 11.1 Å². The van der Waals surface area contributed by atoms with E-state index in [9.17, 15) is 10.1 Å². The highest BCUT2D eigenvalue weighted by Gasteiger charge is 2.33. The van der Waals surface area contributed by atoms with E-state index in [1.807, 2.05) is 36.1 Å². The van der Waals surface area contributed by atoms with Crippen LogP contribution >= 0.6 is 0 Å². The number of aromatic nitrogens is 1. The Kier molecular flexibility index (Phi) is 4.91. The van der Waals surface area contributed by atoms with E-state index in [1.165, 1.54) is 0 Å². The number of ether oxygens (including phenoxy) is 1. The van der Waals surface area contributed by atoms with Crippen LogP contribution in [-0.4, -0.2) is 28.9 Å². The number of rotatable bonds is 4. The molecular weight excluding hydrogens is 352 g/mol. The van der Waals surface area contributed by atoms with Gasteiger partial charge >= 0.3 is 0 Å². The first-order valence-electron chi connectivity index (χ1n) is 9.85. The van der Waals surface area contributed by atoms with Crippen molar-refractivity contribution in [3.05, 3.63) is 41.1 Å². The van der Waals surface area contributed by atoms with Gasteiger partial charge in [0, 0.05) is 36.6 Å². The fourth-order valence-corrected chi connectivity index (χ4v) is 4.02. The van der Waals surface area contributed by atoms with Gasteiger partial charge in [-0.3, -0.25) is 4.79 Å². The van der Waals surface area contributed by atoms with Crippen LogP contribution < -0.4 is 10.5 Å². The van der Waals surface area contributed by atoms with Crippen LogP contribution in [0.3, 0.4) is 0 Å². The summed E-state index contributed by atoms with van der Waals surface area (Å²) in [5, 5.41) is 9.76. The predicted molar refractivity (Wildman–Crippen MR) is 106 cm³/mol. The number of nitriles is 1. The molecule has 2 aromatic rings.